The zero-order valence-corrected chi connectivity index (χ0v) is 15.3. The summed E-state index contributed by atoms with van der Waals surface area (Å²) < 4.78 is 18.8. The van der Waals surface area contributed by atoms with Crippen LogP contribution in [0.25, 0.3) is 0 Å². The smallest absolute Gasteiger partial charge is 0.319 e. The summed E-state index contributed by atoms with van der Waals surface area (Å²) in [5.74, 6) is -0.488. The van der Waals surface area contributed by atoms with Crippen molar-refractivity contribution in [3.05, 3.63) is 35.6 Å². The van der Waals surface area contributed by atoms with Crippen LogP contribution >= 0.6 is 23.1 Å². The molecule has 0 spiro atoms. The molecule has 2 rings (SSSR count). The molecule has 0 radical (unpaired) electrons. The summed E-state index contributed by atoms with van der Waals surface area (Å²) in [6, 6.07) is 6.27. The van der Waals surface area contributed by atoms with Crippen molar-refractivity contribution in [2.45, 2.75) is 42.8 Å². The zero-order valence-electron chi connectivity index (χ0n) is 13.6. The van der Waals surface area contributed by atoms with E-state index in [1.54, 1.807) is 19.1 Å². The predicted molar refractivity (Wildman–Crippen MR) is 94.8 cm³/mol. The number of unbranched alkanes of at least 4 members (excludes halogenated alkanes) is 1. The molecule has 5 nitrogen and oxygen atoms in total. The third kappa shape index (κ3) is 6.09. The Morgan fingerprint density at radius 1 is 1.38 bits per heavy atom. The van der Waals surface area contributed by atoms with Gasteiger partial charge in [-0.25, -0.2) is 4.39 Å². The highest BCUT2D eigenvalue weighted by molar-refractivity contribution is 8.02. The summed E-state index contributed by atoms with van der Waals surface area (Å²) in [4.78, 5) is 11.8. The van der Waals surface area contributed by atoms with Crippen LogP contribution in [-0.4, -0.2) is 28.0 Å². The molecule has 1 atom stereocenters. The summed E-state index contributed by atoms with van der Waals surface area (Å²) in [6.45, 7) is 4.84. The molecular weight excluding hydrogens is 349 g/mol. The Morgan fingerprint density at radius 3 is 2.83 bits per heavy atom. The Hall–Kier alpha value is -1.67. The number of rotatable bonds is 9. The molecule has 1 N–H and O–H groups in total. The van der Waals surface area contributed by atoms with Crippen molar-refractivity contribution in [3.63, 3.8) is 0 Å². The van der Waals surface area contributed by atoms with E-state index in [9.17, 15) is 9.18 Å². The lowest BCUT2D eigenvalue weighted by Gasteiger charge is -2.08. The number of esters is 1. The van der Waals surface area contributed by atoms with E-state index in [1.807, 2.05) is 6.92 Å². The van der Waals surface area contributed by atoms with Crippen LogP contribution in [0.4, 0.5) is 9.52 Å². The van der Waals surface area contributed by atoms with Crippen molar-refractivity contribution in [2.75, 3.05) is 11.9 Å². The Bertz CT molecular complexity index is 649. The Kier molecular flexibility index (Phi) is 7.45. The number of halogens is 1. The number of aromatic nitrogens is 2. The van der Waals surface area contributed by atoms with Gasteiger partial charge in [0, 0.05) is 6.54 Å². The molecule has 0 bridgehead atoms. The molecule has 0 aliphatic carbocycles. The molecule has 1 aromatic carbocycles. The minimum Gasteiger partial charge on any atom is -0.465 e. The lowest BCUT2D eigenvalue weighted by Crippen LogP contribution is -2.17. The number of hydrogen-bond donors (Lipinski definition) is 1. The number of carbonyl (C=O) groups is 1. The number of thioether (sulfide) groups is 1. The van der Waals surface area contributed by atoms with Gasteiger partial charge in [0.15, 0.2) is 4.34 Å². The first-order chi connectivity index (χ1) is 11.6. The van der Waals surface area contributed by atoms with Crippen LogP contribution < -0.4 is 5.32 Å². The van der Waals surface area contributed by atoms with Crippen LogP contribution in [0.5, 0.6) is 0 Å². The van der Waals surface area contributed by atoms with Gasteiger partial charge in [-0.2, -0.15) is 0 Å². The third-order valence-electron chi connectivity index (χ3n) is 3.12. The van der Waals surface area contributed by atoms with Gasteiger partial charge in [0.2, 0.25) is 5.13 Å². The lowest BCUT2D eigenvalue weighted by molar-refractivity contribution is -0.142. The van der Waals surface area contributed by atoms with Crippen LogP contribution in [0.15, 0.2) is 28.6 Å². The zero-order chi connectivity index (χ0) is 17.4. The first kappa shape index (κ1) is 18.7. The molecule has 0 saturated heterocycles. The van der Waals surface area contributed by atoms with Gasteiger partial charge in [-0.15, -0.1) is 10.2 Å². The number of carbonyl (C=O) groups excluding carboxylic acids is 1. The average molecular weight is 369 g/mol. The molecule has 1 aromatic heterocycles. The van der Waals surface area contributed by atoms with Crippen LogP contribution in [-0.2, 0) is 16.1 Å². The second-order valence-electron chi connectivity index (χ2n) is 5.13. The molecule has 0 aliphatic rings. The minimum absolute atomic E-state index is 0.232. The average Bonchev–Trinajstić information content (AvgIpc) is 3.02. The number of hydrogen-bond acceptors (Lipinski definition) is 7. The van der Waals surface area contributed by atoms with Crippen molar-refractivity contribution < 1.29 is 13.9 Å². The molecule has 1 heterocycles. The van der Waals surface area contributed by atoms with E-state index in [0.717, 1.165) is 18.4 Å². The van der Waals surface area contributed by atoms with Gasteiger partial charge in [-0.1, -0.05) is 48.6 Å². The molecule has 24 heavy (non-hydrogen) atoms. The Morgan fingerprint density at radius 2 is 2.12 bits per heavy atom. The van der Waals surface area contributed by atoms with E-state index in [2.05, 4.69) is 15.5 Å². The highest BCUT2D eigenvalue weighted by atomic mass is 32.2. The molecule has 0 aliphatic heterocycles. The van der Waals surface area contributed by atoms with Crippen LogP contribution in [0, 0.1) is 5.82 Å². The monoisotopic (exact) mass is 369 g/mol. The van der Waals surface area contributed by atoms with E-state index in [0.29, 0.717) is 22.6 Å². The maximum atomic E-state index is 12.9. The lowest BCUT2D eigenvalue weighted by atomic mass is 10.2. The van der Waals surface area contributed by atoms with E-state index < -0.39 is 0 Å². The van der Waals surface area contributed by atoms with Crippen molar-refractivity contribution in [3.8, 4) is 0 Å². The Balaban J connectivity index is 1.79. The van der Waals surface area contributed by atoms with Crippen molar-refractivity contribution in [2.24, 2.45) is 0 Å². The molecule has 0 saturated carbocycles. The van der Waals surface area contributed by atoms with Gasteiger partial charge in [0.25, 0.3) is 0 Å². The van der Waals surface area contributed by atoms with Gasteiger partial charge in [-0.05, 0) is 31.0 Å². The van der Waals surface area contributed by atoms with Crippen molar-refractivity contribution in [1.82, 2.24) is 10.2 Å². The van der Waals surface area contributed by atoms with Gasteiger partial charge >= 0.3 is 5.97 Å². The number of nitrogens with one attached hydrogen (secondary N) is 1. The predicted octanol–water partition coefficient (Wildman–Crippen LogP) is 4.11. The largest absolute Gasteiger partial charge is 0.465 e. The summed E-state index contributed by atoms with van der Waals surface area (Å²) >= 11 is 2.71. The van der Waals surface area contributed by atoms with Gasteiger partial charge in [0.05, 0.1) is 6.61 Å². The van der Waals surface area contributed by atoms with Gasteiger partial charge in [0.1, 0.15) is 11.1 Å². The maximum absolute atomic E-state index is 12.9. The quantitative estimate of drug-likeness (QED) is 0.408. The first-order valence-corrected chi connectivity index (χ1v) is 9.43. The van der Waals surface area contributed by atoms with Crippen LogP contribution in [0.2, 0.25) is 0 Å². The van der Waals surface area contributed by atoms with Crippen LogP contribution in [0.3, 0.4) is 0 Å². The standard InChI is InChI=1S/C16H20FN3O2S2/c1-3-4-9-22-14(21)11(2)23-16-20-19-15(24-16)18-10-12-5-7-13(17)8-6-12/h5-8,11H,3-4,9-10H2,1-2H3,(H,18,19). The first-order valence-electron chi connectivity index (χ1n) is 7.73. The van der Waals surface area contributed by atoms with E-state index >= 15 is 0 Å². The number of anilines is 1. The summed E-state index contributed by atoms with van der Waals surface area (Å²) in [5.41, 5.74) is 0.952. The molecule has 0 amide bonds. The number of nitrogens with zero attached hydrogens (tertiary/aromatic N) is 2. The highest BCUT2D eigenvalue weighted by Crippen LogP contribution is 2.29. The SMILES string of the molecule is CCCCOC(=O)C(C)Sc1nnc(NCc2ccc(F)cc2)s1. The second-order valence-corrected chi connectivity index (χ2v) is 7.70. The van der Waals surface area contributed by atoms with Crippen molar-refractivity contribution >= 4 is 34.2 Å². The molecule has 130 valence electrons. The van der Waals surface area contributed by atoms with Gasteiger partial charge < -0.3 is 10.1 Å². The summed E-state index contributed by atoms with van der Waals surface area (Å²) in [5, 5.41) is 11.6. The number of ether oxygens (including phenoxy) is 1. The number of benzene rings is 1. The van der Waals surface area contributed by atoms with Gasteiger partial charge in [-0.3, -0.25) is 4.79 Å². The topological polar surface area (TPSA) is 64.1 Å². The van der Waals surface area contributed by atoms with E-state index in [4.69, 9.17) is 4.74 Å². The van der Waals surface area contributed by atoms with E-state index in [-0.39, 0.29) is 17.0 Å². The Labute approximate surface area is 149 Å². The van der Waals surface area contributed by atoms with Crippen molar-refractivity contribution in [1.29, 1.82) is 0 Å². The minimum atomic E-state index is -0.320. The normalized spacial score (nSPS) is 12.0. The maximum Gasteiger partial charge on any atom is 0.319 e. The third-order valence-corrected chi connectivity index (χ3v) is 5.16. The van der Waals surface area contributed by atoms with Crippen LogP contribution in [0.1, 0.15) is 32.3 Å². The summed E-state index contributed by atoms with van der Waals surface area (Å²) in [6.07, 6.45) is 1.87. The molecular formula is C16H20FN3O2S2. The summed E-state index contributed by atoms with van der Waals surface area (Å²) in [7, 11) is 0. The molecule has 2 aromatic rings. The molecule has 1 unspecified atom stereocenters. The molecule has 8 heteroatoms. The molecule has 0 fully saturated rings. The fourth-order valence-electron chi connectivity index (χ4n) is 1.74. The van der Waals surface area contributed by atoms with E-state index in [1.165, 1.54) is 35.2 Å². The fourth-order valence-corrected chi connectivity index (χ4v) is 3.63. The second kappa shape index (κ2) is 9.58. The highest BCUT2D eigenvalue weighted by Gasteiger charge is 2.18. The fraction of sp³-hybridized carbons (Fsp3) is 0.438.